The number of hydrogen-bond donors (Lipinski definition) is 1. The molecular weight excluding hydrogens is 340 g/mol. The van der Waals surface area contributed by atoms with Gasteiger partial charge in [-0.2, -0.15) is 0 Å². The first-order valence-electron chi connectivity index (χ1n) is 8.64. The molecule has 0 saturated carbocycles. The first kappa shape index (κ1) is 19.2. The van der Waals surface area contributed by atoms with Crippen molar-refractivity contribution >= 4 is 29.2 Å². The van der Waals surface area contributed by atoms with Gasteiger partial charge < -0.3 is 20.0 Å². The van der Waals surface area contributed by atoms with Crippen LogP contribution in [0.3, 0.4) is 0 Å². The lowest BCUT2D eigenvalue weighted by Gasteiger charge is -2.38. The number of carbonyl (C=O) groups is 3. The molecule has 1 N–H and O–H groups in total. The Morgan fingerprint density at radius 3 is 2.28 bits per heavy atom. The second-order valence-electron chi connectivity index (χ2n) is 5.94. The van der Waals surface area contributed by atoms with E-state index in [4.69, 9.17) is 0 Å². The molecule has 1 aromatic rings. The molecule has 1 aromatic heterocycles. The number of carbonyl (C=O) groups excluding carboxylic acids is 3. The maximum absolute atomic E-state index is 12.5. The Balaban J connectivity index is 1.84. The Bertz CT molecular complexity index is 593. The number of urea groups is 1. The maximum atomic E-state index is 12.5. The number of thiophene rings is 1. The molecule has 0 aliphatic carbocycles. The largest absolute Gasteiger partial charge is 0.340 e. The summed E-state index contributed by atoms with van der Waals surface area (Å²) in [5.74, 6) is -0.342. The van der Waals surface area contributed by atoms with Crippen LogP contribution in [0, 0.1) is 0 Å². The molecule has 0 aromatic carbocycles. The average molecular weight is 366 g/mol. The normalized spacial score (nSPS) is 15.6. The fraction of sp³-hybridized carbons (Fsp3) is 0.588. The molecule has 1 unspecified atom stereocenters. The maximum Gasteiger partial charge on any atom is 0.320 e. The fourth-order valence-corrected chi connectivity index (χ4v) is 3.45. The second-order valence-corrected chi connectivity index (χ2v) is 6.89. The molecule has 8 heteroatoms. The third kappa shape index (κ3) is 4.72. The monoisotopic (exact) mass is 366 g/mol. The van der Waals surface area contributed by atoms with Crippen molar-refractivity contribution in [2.75, 3.05) is 39.3 Å². The van der Waals surface area contributed by atoms with Crippen LogP contribution in [0.5, 0.6) is 0 Å². The van der Waals surface area contributed by atoms with Gasteiger partial charge >= 0.3 is 6.03 Å². The lowest BCUT2D eigenvalue weighted by atomic mass is 10.2. The first-order valence-corrected chi connectivity index (χ1v) is 9.52. The van der Waals surface area contributed by atoms with Crippen LogP contribution in [0.15, 0.2) is 17.5 Å². The van der Waals surface area contributed by atoms with Crippen LogP contribution in [-0.4, -0.2) is 77.9 Å². The Morgan fingerprint density at radius 1 is 1.16 bits per heavy atom. The van der Waals surface area contributed by atoms with Crippen LogP contribution in [0.2, 0.25) is 0 Å². The Kier molecular flexibility index (Phi) is 6.81. The highest BCUT2D eigenvalue weighted by Crippen LogP contribution is 2.10. The number of nitrogens with zero attached hydrogens (tertiary/aromatic N) is 3. The van der Waals surface area contributed by atoms with E-state index in [9.17, 15) is 14.4 Å². The molecule has 1 aliphatic rings. The summed E-state index contributed by atoms with van der Waals surface area (Å²) in [6, 6.07) is 2.98. The van der Waals surface area contributed by atoms with Gasteiger partial charge in [-0.1, -0.05) is 6.07 Å². The van der Waals surface area contributed by atoms with Crippen molar-refractivity contribution in [3.63, 3.8) is 0 Å². The minimum absolute atomic E-state index is 0.0242. The van der Waals surface area contributed by atoms with Crippen molar-refractivity contribution in [3.8, 4) is 0 Å². The van der Waals surface area contributed by atoms with E-state index in [1.54, 1.807) is 33.8 Å². The van der Waals surface area contributed by atoms with Gasteiger partial charge in [0.1, 0.15) is 6.04 Å². The zero-order valence-corrected chi connectivity index (χ0v) is 15.8. The van der Waals surface area contributed by atoms with E-state index < -0.39 is 6.04 Å². The summed E-state index contributed by atoms with van der Waals surface area (Å²) in [7, 11) is 0. The summed E-state index contributed by atoms with van der Waals surface area (Å²) < 4.78 is 0. The Labute approximate surface area is 152 Å². The zero-order chi connectivity index (χ0) is 18.4. The van der Waals surface area contributed by atoms with Crippen molar-refractivity contribution in [2.45, 2.75) is 26.8 Å². The predicted octanol–water partition coefficient (Wildman–Crippen LogP) is 1.47. The Morgan fingerprint density at radius 2 is 1.76 bits per heavy atom. The molecule has 0 bridgehead atoms. The molecule has 0 spiro atoms. The summed E-state index contributed by atoms with van der Waals surface area (Å²) >= 11 is 1.34. The van der Waals surface area contributed by atoms with Crippen molar-refractivity contribution in [1.29, 1.82) is 0 Å². The molecule has 2 rings (SSSR count). The molecule has 0 radical (unpaired) electrons. The van der Waals surface area contributed by atoms with Gasteiger partial charge in [-0.25, -0.2) is 4.79 Å². The molecule has 7 nitrogen and oxygen atoms in total. The van der Waals surface area contributed by atoms with Crippen LogP contribution in [-0.2, 0) is 4.79 Å². The van der Waals surface area contributed by atoms with E-state index in [-0.39, 0.29) is 17.8 Å². The number of piperazine rings is 1. The van der Waals surface area contributed by atoms with Gasteiger partial charge in [-0.05, 0) is 32.2 Å². The fourth-order valence-electron chi connectivity index (χ4n) is 2.82. The third-order valence-corrected chi connectivity index (χ3v) is 5.23. The van der Waals surface area contributed by atoms with Gasteiger partial charge in [0.15, 0.2) is 0 Å². The van der Waals surface area contributed by atoms with Crippen LogP contribution < -0.4 is 5.32 Å². The Hall–Kier alpha value is -2.09. The van der Waals surface area contributed by atoms with Crippen molar-refractivity contribution in [1.82, 2.24) is 20.0 Å². The smallest absolute Gasteiger partial charge is 0.320 e. The minimum atomic E-state index is -0.584. The van der Waals surface area contributed by atoms with Gasteiger partial charge in [0.25, 0.3) is 5.91 Å². The number of hydrogen-bond acceptors (Lipinski definition) is 4. The van der Waals surface area contributed by atoms with Gasteiger partial charge in [-0.15, -0.1) is 11.3 Å². The molecule has 1 atom stereocenters. The molecule has 1 fully saturated rings. The summed E-state index contributed by atoms with van der Waals surface area (Å²) in [5, 5.41) is 4.57. The van der Waals surface area contributed by atoms with Crippen molar-refractivity contribution in [2.24, 2.45) is 0 Å². The second kappa shape index (κ2) is 8.84. The van der Waals surface area contributed by atoms with E-state index in [0.29, 0.717) is 44.1 Å². The van der Waals surface area contributed by atoms with E-state index in [1.165, 1.54) is 11.3 Å². The highest BCUT2D eigenvalue weighted by atomic mass is 32.1. The topological polar surface area (TPSA) is 73.0 Å². The summed E-state index contributed by atoms with van der Waals surface area (Å²) in [4.78, 5) is 42.8. The number of rotatable bonds is 5. The summed E-state index contributed by atoms with van der Waals surface area (Å²) in [6.45, 7) is 9.00. The molecule has 2 heterocycles. The lowest BCUT2D eigenvalue weighted by molar-refractivity contribution is -0.134. The predicted molar refractivity (Wildman–Crippen MR) is 97.7 cm³/mol. The SMILES string of the molecule is CCN(CC)C(=O)N1CCN(C(=O)C(C)NC(=O)c2cccs2)CC1. The average Bonchev–Trinajstić information content (AvgIpc) is 3.17. The zero-order valence-electron chi connectivity index (χ0n) is 15.0. The number of amides is 4. The molecule has 1 aliphatic heterocycles. The highest BCUT2D eigenvalue weighted by molar-refractivity contribution is 7.12. The van der Waals surface area contributed by atoms with Crippen LogP contribution >= 0.6 is 11.3 Å². The first-order chi connectivity index (χ1) is 12.0. The number of nitrogens with one attached hydrogen (secondary N) is 1. The van der Waals surface area contributed by atoms with Crippen molar-refractivity contribution in [3.05, 3.63) is 22.4 Å². The minimum Gasteiger partial charge on any atom is -0.340 e. The van der Waals surface area contributed by atoms with Gasteiger partial charge in [-0.3, -0.25) is 9.59 Å². The van der Waals surface area contributed by atoms with Gasteiger partial charge in [0.05, 0.1) is 4.88 Å². The van der Waals surface area contributed by atoms with E-state index in [2.05, 4.69) is 5.32 Å². The van der Waals surface area contributed by atoms with E-state index in [0.717, 1.165) is 0 Å². The quantitative estimate of drug-likeness (QED) is 0.858. The standard InChI is InChI=1S/C17H26N4O3S/c1-4-19(5-2)17(24)21-10-8-20(9-11-21)16(23)13(3)18-15(22)14-7-6-12-25-14/h6-7,12-13H,4-5,8-11H2,1-3H3,(H,18,22). The van der Waals surface area contributed by atoms with Crippen LogP contribution in [0.1, 0.15) is 30.4 Å². The van der Waals surface area contributed by atoms with Gasteiger partial charge in [0, 0.05) is 39.3 Å². The summed E-state index contributed by atoms with van der Waals surface area (Å²) in [5.41, 5.74) is 0. The van der Waals surface area contributed by atoms with Crippen molar-refractivity contribution < 1.29 is 14.4 Å². The molecule has 1 saturated heterocycles. The molecule has 25 heavy (non-hydrogen) atoms. The van der Waals surface area contributed by atoms with E-state index >= 15 is 0 Å². The lowest BCUT2D eigenvalue weighted by Crippen LogP contribution is -2.57. The van der Waals surface area contributed by atoms with E-state index in [1.807, 2.05) is 19.2 Å². The highest BCUT2D eigenvalue weighted by Gasteiger charge is 2.29. The van der Waals surface area contributed by atoms with Crippen LogP contribution in [0.25, 0.3) is 0 Å². The molecular formula is C17H26N4O3S. The summed E-state index contributed by atoms with van der Waals surface area (Å²) in [6.07, 6.45) is 0. The van der Waals surface area contributed by atoms with Gasteiger partial charge in [0.2, 0.25) is 5.91 Å². The third-order valence-electron chi connectivity index (χ3n) is 4.36. The molecule has 4 amide bonds. The molecule has 138 valence electrons. The van der Waals surface area contributed by atoms with Crippen LogP contribution in [0.4, 0.5) is 4.79 Å².